The minimum absolute atomic E-state index is 0.101. The number of aryl methyl sites for hydroxylation is 1. The number of carbonyl (C=O) groups excluding carboxylic acids is 1. The highest BCUT2D eigenvalue weighted by Crippen LogP contribution is 2.22. The van der Waals surface area contributed by atoms with Crippen LogP contribution in [0.5, 0.6) is 0 Å². The van der Waals surface area contributed by atoms with Gasteiger partial charge in [-0.25, -0.2) is 0 Å². The summed E-state index contributed by atoms with van der Waals surface area (Å²) in [6.45, 7) is 4.38. The largest absolute Gasteiger partial charge is 0.338 e. The topological polar surface area (TPSA) is 72.1 Å². The van der Waals surface area contributed by atoms with Gasteiger partial charge in [-0.2, -0.15) is 0 Å². The Morgan fingerprint density at radius 1 is 1.61 bits per heavy atom. The first kappa shape index (κ1) is 13.4. The molecule has 0 aliphatic carbocycles. The van der Waals surface area contributed by atoms with Crippen LogP contribution in [0.3, 0.4) is 0 Å². The van der Waals surface area contributed by atoms with Gasteiger partial charge in [-0.3, -0.25) is 4.79 Å². The number of hydrogen-bond donors (Lipinski definition) is 1. The predicted octanol–water partition coefficient (Wildman–Crippen LogP) is 1.30. The number of piperidine rings is 1. The Hall–Kier alpha value is -1.01. The van der Waals surface area contributed by atoms with Gasteiger partial charge in [-0.05, 0) is 49.7 Å². The maximum atomic E-state index is 12.4. The normalized spacial score (nSPS) is 20.1. The van der Waals surface area contributed by atoms with Crippen molar-refractivity contribution in [2.75, 3.05) is 19.6 Å². The average molecular weight is 268 g/mol. The standard InChI is InChI=1S/C12H20N4OS/c1-2-10-11(18-15-14-10)12(17)16-7-3-4-9(8-16)5-6-13/h9H,2-8,13H2,1H3. The molecule has 1 saturated heterocycles. The molecule has 5 nitrogen and oxygen atoms in total. The molecule has 1 aromatic heterocycles. The number of nitrogens with zero attached hydrogens (tertiary/aromatic N) is 3. The molecule has 1 aliphatic rings. The molecule has 1 amide bonds. The summed E-state index contributed by atoms with van der Waals surface area (Å²) in [5.74, 6) is 0.655. The number of carbonyl (C=O) groups is 1. The van der Waals surface area contributed by atoms with E-state index in [4.69, 9.17) is 5.73 Å². The second kappa shape index (κ2) is 6.24. The molecule has 18 heavy (non-hydrogen) atoms. The molecule has 6 heteroatoms. The lowest BCUT2D eigenvalue weighted by atomic mass is 9.95. The van der Waals surface area contributed by atoms with E-state index in [0.29, 0.717) is 17.3 Å². The maximum Gasteiger partial charge on any atom is 0.267 e. The predicted molar refractivity (Wildman–Crippen MR) is 71.6 cm³/mol. The van der Waals surface area contributed by atoms with Crippen LogP contribution in [0.1, 0.15) is 41.6 Å². The summed E-state index contributed by atoms with van der Waals surface area (Å²) in [5.41, 5.74) is 6.42. The molecule has 1 fully saturated rings. The van der Waals surface area contributed by atoms with Crippen molar-refractivity contribution in [3.05, 3.63) is 10.6 Å². The fourth-order valence-electron chi connectivity index (χ4n) is 2.47. The first-order valence-electron chi connectivity index (χ1n) is 6.56. The van der Waals surface area contributed by atoms with Crippen molar-refractivity contribution in [1.29, 1.82) is 0 Å². The minimum atomic E-state index is 0.101. The maximum absolute atomic E-state index is 12.4. The fraction of sp³-hybridized carbons (Fsp3) is 0.750. The molecule has 2 heterocycles. The SMILES string of the molecule is CCc1nnsc1C(=O)N1CCCC(CCN)C1. The van der Waals surface area contributed by atoms with E-state index in [9.17, 15) is 4.79 Å². The first-order valence-corrected chi connectivity index (χ1v) is 7.34. The van der Waals surface area contributed by atoms with Gasteiger partial charge < -0.3 is 10.6 Å². The van der Waals surface area contributed by atoms with Crippen LogP contribution in [0.4, 0.5) is 0 Å². The molecule has 0 spiro atoms. The molecular weight excluding hydrogens is 248 g/mol. The Labute approximate surface area is 112 Å². The number of hydrogen-bond acceptors (Lipinski definition) is 5. The van der Waals surface area contributed by atoms with E-state index in [1.165, 1.54) is 18.0 Å². The number of likely N-dealkylation sites (tertiary alicyclic amines) is 1. The Bertz CT molecular complexity index is 405. The lowest BCUT2D eigenvalue weighted by molar-refractivity contribution is 0.0673. The van der Waals surface area contributed by atoms with Gasteiger partial charge >= 0.3 is 0 Å². The summed E-state index contributed by atoms with van der Waals surface area (Å²) in [7, 11) is 0. The van der Waals surface area contributed by atoms with Gasteiger partial charge in [0.15, 0.2) is 0 Å². The van der Waals surface area contributed by atoms with Crippen LogP contribution in [-0.4, -0.2) is 40.0 Å². The van der Waals surface area contributed by atoms with Crippen molar-refractivity contribution >= 4 is 17.4 Å². The van der Waals surface area contributed by atoms with E-state index in [2.05, 4.69) is 9.59 Å². The molecule has 2 rings (SSSR count). The highest BCUT2D eigenvalue weighted by Gasteiger charge is 2.26. The van der Waals surface area contributed by atoms with Crippen molar-refractivity contribution in [3.8, 4) is 0 Å². The summed E-state index contributed by atoms with van der Waals surface area (Å²) >= 11 is 1.21. The van der Waals surface area contributed by atoms with Crippen molar-refractivity contribution < 1.29 is 4.79 Å². The Balaban J connectivity index is 2.04. The van der Waals surface area contributed by atoms with Crippen molar-refractivity contribution in [2.24, 2.45) is 11.7 Å². The number of nitrogens with two attached hydrogens (primary N) is 1. The molecule has 0 bridgehead atoms. The van der Waals surface area contributed by atoms with Crippen LogP contribution in [0.25, 0.3) is 0 Å². The molecule has 0 radical (unpaired) electrons. The van der Waals surface area contributed by atoms with Crippen molar-refractivity contribution in [1.82, 2.24) is 14.5 Å². The van der Waals surface area contributed by atoms with E-state index in [1.807, 2.05) is 11.8 Å². The third-order valence-electron chi connectivity index (χ3n) is 3.47. The van der Waals surface area contributed by atoms with Gasteiger partial charge in [-0.15, -0.1) is 5.10 Å². The number of rotatable bonds is 4. The highest BCUT2D eigenvalue weighted by molar-refractivity contribution is 7.08. The molecule has 1 unspecified atom stereocenters. The second-order valence-corrected chi connectivity index (χ2v) is 5.49. The lowest BCUT2D eigenvalue weighted by Gasteiger charge is -2.32. The summed E-state index contributed by atoms with van der Waals surface area (Å²) < 4.78 is 3.89. The molecule has 0 saturated carbocycles. The van der Waals surface area contributed by atoms with Crippen LogP contribution in [0, 0.1) is 5.92 Å². The zero-order chi connectivity index (χ0) is 13.0. The van der Waals surface area contributed by atoms with Crippen LogP contribution < -0.4 is 5.73 Å². The third kappa shape index (κ3) is 2.87. The lowest BCUT2D eigenvalue weighted by Crippen LogP contribution is -2.40. The monoisotopic (exact) mass is 268 g/mol. The van der Waals surface area contributed by atoms with E-state index in [0.717, 1.165) is 38.0 Å². The summed E-state index contributed by atoms with van der Waals surface area (Å²) in [6.07, 6.45) is 4.02. The van der Waals surface area contributed by atoms with E-state index in [-0.39, 0.29) is 5.91 Å². The zero-order valence-electron chi connectivity index (χ0n) is 10.8. The van der Waals surface area contributed by atoms with Crippen LogP contribution >= 0.6 is 11.5 Å². The number of aromatic nitrogens is 2. The molecule has 2 N–H and O–H groups in total. The van der Waals surface area contributed by atoms with E-state index >= 15 is 0 Å². The molecule has 1 aromatic rings. The molecule has 100 valence electrons. The first-order chi connectivity index (χ1) is 8.76. The van der Waals surface area contributed by atoms with Crippen molar-refractivity contribution in [2.45, 2.75) is 32.6 Å². The summed E-state index contributed by atoms with van der Waals surface area (Å²) in [6, 6.07) is 0. The van der Waals surface area contributed by atoms with Gasteiger partial charge in [0.05, 0.1) is 5.69 Å². The van der Waals surface area contributed by atoms with Crippen molar-refractivity contribution in [3.63, 3.8) is 0 Å². The summed E-state index contributed by atoms with van der Waals surface area (Å²) in [4.78, 5) is 15.1. The van der Waals surface area contributed by atoms with Gasteiger partial charge in [0.1, 0.15) is 4.88 Å². The number of amides is 1. The van der Waals surface area contributed by atoms with Crippen LogP contribution in [0.2, 0.25) is 0 Å². The van der Waals surface area contributed by atoms with Gasteiger partial charge in [0.25, 0.3) is 5.91 Å². The minimum Gasteiger partial charge on any atom is -0.338 e. The quantitative estimate of drug-likeness (QED) is 0.893. The smallest absolute Gasteiger partial charge is 0.267 e. The third-order valence-corrected chi connectivity index (χ3v) is 4.22. The second-order valence-electron chi connectivity index (χ2n) is 4.74. The van der Waals surface area contributed by atoms with E-state index in [1.54, 1.807) is 0 Å². The highest BCUT2D eigenvalue weighted by atomic mass is 32.1. The van der Waals surface area contributed by atoms with E-state index < -0.39 is 0 Å². The molecule has 1 aliphatic heterocycles. The fourth-order valence-corrected chi connectivity index (χ4v) is 3.19. The average Bonchev–Trinajstić information content (AvgIpc) is 2.87. The zero-order valence-corrected chi connectivity index (χ0v) is 11.6. The Morgan fingerprint density at radius 2 is 2.44 bits per heavy atom. The van der Waals surface area contributed by atoms with Crippen LogP contribution in [-0.2, 0) is 6.42 Å². The molecular formula is C12H20N4OS. The van der Waals surface area contributed by atoms with Gasteiger partial charge in [0.2, 0.25) is 0 Å². The Kier molecular flexibility index (Phi) is 4.66. The van der Waals surface area contributed by atoms with Gasteiger partial charge in [0, 0.05) is 13.1 Å². The molecule has 0 aromatic carbocycles. The summed E-state index contributed by atoms with van der Waals surface area (Å²) in [5, 5.41) is 4.01. The van der Waals surface area contributed by atoms with Gasteiger partial charge in [-0.1, -0.05) is 11.4 Å². The Morgan fingerprint density at radius 3 is 3.17 bits per heavy atom. The van der Waals surface area contributed by atoms with Crippen LogP contribution in [0.15, 0.2) is 0 Å². The molecule has 1 atom stereocenters.